The Morgan fingerprint density at radius 2 is 2.37 bits per heavy atom. The minimum absolute atomic E-state index is 0.214. The van der Waals surface area contributed by atoms with Gasteiger partial charge < -0.3 is 15.2 Å². The van der Waals surface area contributed by atoms with Gasteiger partial charge in [-0.15, -0.1) is 0 Å². The minimum atomic E-state index is 0.214. The van der Waals surface area contributed by atoms with E-state index in [0.717, 1.165) is 32.4 Å². The molecule has 0 aromatic carbocycles. The zero-order chi connectivity index (χ0) is 13.1. The van der Waals surface area contributed by atoms with Gasteiger partial charge in [-0.1, -0.05) is 0 Å². The molecule has 1 aliphatic heterocycles. The van der Waals surface area contributed by atoms with Gasteiger partial charge in [0.25, 0.3) is 0 Å². The van der Waals surface area contributed by atoms with E-state index in [1.165, 1.54) is 6.42 Å². The van der Waals surface area contributed by atoms with E-state index in [-0.39, 0.29) is 11.9 Å². The smallest absolute Gasteiger partial charge is 0.220 e. The lowest BCUT2D eigenvalue weighted by molar-refractivity contribution is -0.122. The molecule has 1 aromatic heterocycles. The molecule has 1 amide bonds. The maximum atomic E-state index is 12.1. The number of carbonyl (C=O) groups excluding carboxylic acids is 1. The topological polar surface area (TPSA) is 59.0 Å². The molecule has 19 heavy (non-hydrogen) atoms. The van der Waals surface area contributed by atoms with Crippen LogP contribution in [0.5, 0.6) is 0 Å². The number of hydrogen-bond donors (Lipinski definition) is 2. The average molecular weight is 262 g/mol. The summed E-state index contributed by atoms with van der Waals surface area (Å²) >= 11 is 0. The Morgan fingerprint density at radius 1 is 1.42 bits per heavy atom. The fraction of sp³-hybridized carbons (Fsp3) is 0.714. The van der Waals surface area contributed by atoms with Crippen molar-refractivity contribution in [3.05, 3.63) is 18.7 Å². The lowest BCUT2D eigenvalue weighted by Crippen LogP contribution is -2.39. The Labute approximate surface area is 113 Å². The van der Waals surface area contributed by atoms with Gasteiger partial charge in [-0.3, -0.25) is 4.79 Å². The van der Waals surface area contributed by atoms with Gasteiger partial charge in [0, 0.05) is 24.9 Å². The highest BCUT2D eigenvalue weighted by molar-refractivity contribution is 5.76. The lowest BCUT2D eigenvalue weighted by atomic mass is 10.0. The summed E-state index contributed by atoms with van der Waals surface area (Å²) in [6.07, 6.45) is 10.8. The van der Waals surface area contributed by atoms with Crippen LogP contribution in [-0.2, 0) is 4.79 Å². The van der Waals surface area contributed by atoms with Crippen LogP contribution in [0.25, 0.3) is 0 Å². The molecule has 2 heterocycles. The van der Waals surface area contributed by atoms with Gasteiger partial charge in [0.1, 0.15) is 0 Å². The Hall–Kier alpha value is -1.36. The molecule has 3 atom stereocenters. The van der Waals surface area contributed by atoms with E-state index in [4.69, 9.17) is 0 Å². The van der Waals surface area contributed by atoms with Gasteiger partial charge in [-0.25, -0.2) is 4.98 Å². The first-order chi connectivity index (χ1) is 9.33. The standard InChI is InChI=1S/C14H22N4O/c19-14(8-11-4-5-15-9-11)17-12-2-1-3-13(12)18-7-6-16-10-18/h6-7,10-13,15H,1-5,8-9H2,(H,17,19). The highest BCUT2D eigenvalue weighted by atomic mass is 16.1. The Balaban J connectivity index is 1.54. The number of imidazole rings is 1. The van der Waals surface area contributed by atoms with Crippen LogP contribution in [0.2, 0.25) is 0 Å². The average Bonchev–Trinajstić information content (AvgIpc) is 3.09. The number of hydrogen-bond acceptors (Lipinski definition) is 3. The molecule has 1 saturated heterocycles. The van der Waals surface area contributed by atoms with Gasteiger partial charge in [-0.2, -0.15) is 0 Å². The Bertz CT molecular complexity index is 411. The fourth-order valence-corrected chi connectivity index (χ4v) is 3.35. The van der Waals surface area contributed by atoms with Crippen molar-refractivity contribution in [1.29, 1.82) is 0 Å². The van der Waals surface area contributed by atoms with Crippen molar-refractivity contribution < 1.29 is 4.79 Å². The summed E-state index contributed by atoms with van der Waals surface area (Å²) in [5.41, 5.74) is 0. The highest BCUT2D eigenvalue weighted by Crippen LogP contribution is 2.30. The zero-order valence-corrected chi connectivity index (χ0v) is 11.2. The van der Waals surface area contributed by atoms with Crippen molar-refractivity contribution in [3.8, 4) is 0 Å². The van der Waals surface area contributed by atoms with Crippen LogP contribution in [-0.4, -0.2) is 34.6 Å². The van der Waals surface area contributed by atoms with E-state index in [9.17, 15) is 4.79 Å². The summed E-state index contributed by atoms with van der Waals surface area (Å²) in [7, 11) is 0. The first kappa shape index (κ1) is 12.7. The van der Waals surface area contributed by atoms with Crippen molar-refractivity contribution in [1.82, 2.24) is 20.2 Å². The Kier molecular flexibility index (Phi) is 3.82. The second-order valence-corrected chi connectivity index (χ2v) is 5.75. The molecule has 104 valence electrons. The second-order valence-electron chi connectivity index (χ2n) is 5.75. The number of carbonyl (C=O) groups is 1. The third-order valence-electron chi connectivity index (χ3n) is 4.37. The van der Waals surface area contributed by atoms with Crippen LogP contribution < -0.4 is 10.6 Å². The zero-order valence-electron chi connectivity index (χ0n) is 11.2. The molecule has 0 bridgehead atoms. The van der Waals surface area contributed by atoms with Crippen LogP contribution >= 0.6 is 0 Å². The van der Waals surface area contributed by atoms with Crippen molar-refractivity contribution in [2.24, 2.45) is 5.92 Å². The number of rotatable bonds is 4. The van der Waals surface area contributed by atoms with Crippen molar-refractivity contribution in [2.45, 2.75) is 44.2 Å². The third-order valence-corrected chi connectivity index (χ3v) is 4.37. The van der Waals surface area contributed by atoms with Crippen LogP contribution in [0.1, 0.15) is 38.1 Å². The van der Waals surface area contributed by atoms with Crippen LogP contribution in [0.4, 0.5) is 0 Å². The molecular weight excluding hydrogens is 240 g/mol. The molecule has 1 saturated carbocycles. The molecule has 2 fully saturated rings. The van der Waals surface area contributed by atoms with Gasteiger partial charge in [0.05, 0.1) is 12.4 Å². The van der Waals surface area contributed by atoms with Crippen LogP contribution in [0.3, 0.4) is 0 Å². The Morgan fingerprint density at radius 3 is 3.11 bits per heavy atom. The predicted octanol–water partition coefficient (Wildman–Crippen LogP) is 1.09. The second kappa shape index (κ2) is 5.74. The number of aromatic nitrogens is 2. The molecule has 0 radical (unpaired) electrons. The van der Waals surface area contributed by atoms with E-state index in [1.807, 2.05) is 12.5 Å². The molecular formula is C14H22N4O. The summed E-state index contributed by atoms with van der Waals surface area (Å²) in [6.45, 7) is 2.04. The van der Waals surface area contributed by atoms with Gasteiger partial charge >= 0.3 is 0 Å². The van der Waals surface area contributed by atoms with E-state index in [1.54, 1.807) is 6.20 Å². The van der Waals surface area contributed by atoms with E-state index in [0.29, 0.717) is 18.4 Å². The van der Waals surface area contributed by atoms with Crippen LogP contribution in [0.15, 0.2) is 18.7 Å². The summed E-state index contributed by atoms with van der Waals surface area (Å²) in [4.78, 5) is 16.2. The molecule has 0 spiro atoms. The van der Waals surface area contributed by atoms with Gasteiger partial charge in [0.2, 0.25) is 5.91 Å². The van der Waals surface area contributed by atoms with Gasteiger partial charge in [-0.05, 0) is 44.7 Å². The maximum absolute atomic E-state index is 12.1. The molecule has 2 aliphatic rings. The number of nitrogens with one attached hydrogen (secondary N) is 2. The molecule has 3 rings (SSSR count). The monoisotopic (exact) mass is 262 g/mol. The highest BCUT2D eigenvalue weighted by Gasteiger charge is 2.30. The summed E-state index contributed by atoms with van der Waals surface area (Å²) in [5, 5.41) is 6.54. The maximum Gasteiger partial charge on any atom is 0.220 e. The lowest BCUT2D eigenvalue weighted by Gasteiger charge is -2.22. The predicted molar refractivity (Wildman–Crippen MR) is 72.6 cm³/mol. The van der Waals surface area contributed by atoms with Crippen molar-refractivity contribution >= 4 is 5.91 Å². The van der Waals surface area contributed by atoms with Gasteiger partial charge in [0.15, 0.2) is 0 Å². The molecule has 5 heteroatoms. The van der Waals surface area contributed by atoms with Crippen molar-refractivity contribution in [3.63, 3.8) is 0 Å². The first-order valence-corrected chi connectivity index (χ1v) is 7.30. The minimum Gasteiger partial charge on any atom is -0.351 e. The molecule has 1 aliphatic carbocycles. The molecule has 5 nitrogen and oxygen atoms in total. The van der Waals surface area contributed by atoms with E-state index >= 15 is 0 Å². The largest absolute Gasteiger partial charge is 0.351 e. The van der Waals surface area contributed by atoms with Crippen LogP contribution in [0, 0.1) is 5.92 Å². The first-order valence-electron chi connectivity index (χ1n) is 7.30. The quantitative estimate of drug-likeness (QED) is 0.854. The summed E-state index contributed by atoms with van der Waals surface area (Å²) in [6, 6.07) is 0.657. The molecule has 1 aromatic rings. The molecule has 2 N–H and O–H groups in total. The van der Waals surface area contributed by atoms with E-state index in [2.05, 4.69) is 20.2 Å². The van der Waals surface area contributed by atoms with Crippen molar-refractivity contribution in [2.75, 3.05) is 13.1 Å². The molecule has 3 unspecified atom stereocenters. The van der Waals surface area contributed by atoms with E-state index < -0.39 is 0 Å². The third kappa shape index (κ3) is 2.97. The number of amides is 1. The SMILES string of the molecule is O=C(CC1CCNC1)NC1CCCC1n1ccnc1. The summed E-state index contributed by atoms with van der Waals surface area (Å²) < 4.78 is 2.13. The summed E-state index contributed by atoms with van der Waals surface area (Å²) in [5.74, 6) is 0.735. The fourth-order valence-electron chi connectivity index (χ4n) is 3.35. The number of nitrogens with zero attached hydrogens (tertiary/aromatic N) is 2. The normalized spacial score (nSPS) is 30.6.